The highest BCUT2D eigenvalue weighted by molar-refractivity contribution is 6.06. The lowest BCUT2D eigenvalue weighted by atomic mass is 10.0. The van der Waals surface area contributed by atoms with Gasteiger partial charge in [0.05, 0.1) is 18.8 Å². The van der Waals surface area contributed by atoms with E-state index >= 15 is 0 Å². The Morgan fingerprint density at radius 3 is 2.90 bits per heavy atom. The predicted molar refractivity (Wildman–Crippen MR) is 74.6 cm³/mol. The SMILES string of the molecule is COC[C@]1(C)NC(=O)N(Cc2cn3ccccc3n2)C1=O. The van der Waals surface area contributed by atoms with Crippen molar-refractivity contribution in [1.82, 2.24) is 19.6 Å². The molecule has 3 rings (SSSR count). The van der Waals surface area contributed by atoms with Gasteiger partial charge in [-0.25, -0.2) is 9.78 Å². The maximum Gasteiger partial charge on any atom is 0.325 e. The Morgan fingerprint density at radius 1 is 1.38 bits per heavy atom. The number of urea groups is 1. The van der Waals surface area contributed by atoms with E-state index in [1.54, 1.807) is 6.92 Å². The summed E-state index contributed by atoms with van der Waals surface area (Å²) in [6, 6.07) is 5.22. The number of pyridine rings is 1. The number of imide groups is 1. The third kappa shape index (κ3) is 2.25. The van der Waals surface area contributed by atoms with E-state index in [1.807, 2.05) is 35.0 Å². The molecular weight excluding hydrogens is 272 g/mol. The van der Waals surface area contributed by atoms with Gasteiger partial charge in [0.1, 0.15) is 11.2 Å². The number of carbonyl (C=O) groups is 2. The van der Waals surface area contributed by atoms with Crippen molar-refractivity contribution in [1.29, 1.82) is 0 Å². The van der Waals surface area contributed by atoms with Crippen molar-refractivity contribution < 1.29 is 14.3 Å². The third-order valence-electron chi connectivity index (χ3n) is 3.51. The molecule has 2 aromatic rings. The van der Waals surface area contributed by atoms with Crippen LogP contribution in [0.3, 0.4) is 0 Å². The summed E-state index contributed by atoms with van der Waals surface area (Å²) >= 11 is 0. The average molecular weight is 288 g/mol. The smallest absolute Gasteiger partial charge is 0.325 e. The average Bonchev–Trinajstić information content (AvgIpc) is 2.94. The van der Waals surface area contributed by atoms with Crippen LogP contribution in [0.2, 0.25) is 0 Å². The molecule has 1 N–H and O–H groups in total. The molecule has 0 radical (unpaired) electrons. The number of ether oxygens (including phenoxy) is 1. The molecule has 1 fully saturated rings. The molecule has 0 aliphatic carbocycles. The van der Waals surface area contributed by atoms with Gasteiger partial charge in [-0.2, -0.15) is 0 Å². The predicted octanol–water partition coefficient (Wildman–Crippen LogP) is 0.791. The summed E-state index contributed by atoms with van der Waals surface area (Å²) < 4.78 is 6.86. The number of amides is 3. The van der Waals surface area contributed by atoms with Crippen LogP contribution in [0.4, 0.5) is 4.79 Å². The summed E-state index contributed by atoms with van der Waals surface area (Å²) in [6.45, 7) is 1.94. The molecule has 1 aliphatic rings. The number of nitrogens with one attached hydrogen (secondary N) is 1. The molecule has 3 heterocycles. The van der Waals surface area contributed by atoms with E-state index < -0.39 is 11.6 Å². The van der Waals surface area contributed by atoms with Gasteiger partial charge in [0.2, 0.25) is 0 Å². The van der Waals surface area contributed by atoms with Gasteiger partial charge in [0, 0.05) is 19.5 Å². The summed E-state index contributed by atoms with van der Waals surface area (Å²) in [7, 11) is 1.50. The largest absolute Gasteiger partial charge is 0.382 e. The van der Waals surface area contributed by atoms with E-state index in [0.29, 0.717) is 5.69 Å². The first kappa shape index (κ1) is 13.6. The Morgan fingerprint density at radius 2 is 2.19 bits per heavy atom. The van der Waals surface area contributed by atoms with Crippen molar-refractivity contribution in [3.05, 3.63) is 36.3 Å². The fraction of sp³-hybridized carbons (Fsp3) is 0.357. The van der Waals surface area contributed by atoms with E-state index in [4.69, 9.17) is 4.74 Å². The number of methoxy groups -OCH3 is 1. The monoisotopic (exact) mass is 288 g/mol. The zero-order valence-corrected chi connectivity index (χ0v) is 11.9. The fourth-order valence-corrected chi connectivity index (χ4v) is 2.50. The Bertz CT molecular complexity index is 678. The minimum atomic E-state index is -1.01. The zero-order valence-electron chi connectivity index (χ0n) is 11.9. The van der Waals surface area contributed by atoms with Crippen LogP contribution in [0.25, 0.3) is 5.65 Å². The minimum absolute atomic E-state index is 0.138. The van der Waals surface area contributed by atoms with Crippen LogP contribution >= 0.6 is 0 Å². The molecule has 110 valence electrons. The molecule has 7 nitrogen and oxygen atoms in total. The van der Waals surface area contributed by atoms with Crippen LogP contribution in [0.1, 0.15) is 12.6 Å². The Kier molecular flexibility index (Phi) is 3.13. The van der Waals surface area contributed by atoms with Crippen molar-refractivity contribution in [2.45, 2.75) is 19.0 Å². The lowest BCUT2D eigenvalue weighted by molar-refractivity contribution is -0.132. The second kappa shape index (κ2) is 4.85. The molecule has 0 unspecified atom stereocenters. The summed E-state index contributed by atoms with van der Waals surface area (Å²) in [6.07, 6.45) is 3.68. The number of fused-ring (bicyclic) bond motifs is 1. The first-order chi connectivity index (χ1) is 10.0. The van der Waals surface area contributed by atoms with Crippen molar-refractivity contribution in [2.75, 3.05) is 13.7 Å². The van der Waals surface area contributed by atoms with E-state index in [-0.39, 0.29) is 19.1 Å². The van der Waals surface area contributed by atoms with Gasteiger partial charge in [-0.3, -0.25) is 9.69 Å². The number of imidazole rings is 1. The maximum atomic E-state index is 12.4. The third-order valence-corrected chi connectivity index (χ3v) is 3.51. The van der Waals surface area contributed by atoms with Crippen molar-refractivity contribution in [2.24, 2.45) is 0 Å². The highest BCUT2D eigenvalue weighted by Gasteiger charge is 2.47. The number of carbonyl (C=O) groups excluding carboxylic acids is 2. The highest BCUT2D eigenvalue weighted by atomic mass is 16.5. The summed E-state index contributed by atoms with van der Waals surface area (Å²) in [4.78, 5) is 29.9. The number of aromatic nitrogens is 2. The molecule has 7 heteroatoms. The number of hydrogen-bond acceptors (Lipinski definition) is 4. The van der Waals surface area contributed by atoms with E-state index in [0.717, 1.165) is 5.65 Å². The van der Waals surface area contributed by atoms with Gasteiger partial charge in [-0.1, -0.05) is 6.07 Å². The van der Waals surface area contributed by atoms with Gasteiger partial charge >= 0.3 is 6.03 Å². The molecule has 2 aromatic heterocycles. The van der Waals surface area contributed by atoms with E-state index in [2.05, 4.69) is 10.3 Å². The molecule has 1 aliphatic heterocycles. The van der Waals surface area contributed by atoms with Gasteiger partial charge in [-0.05, 0) is 19.1 Å². The van der Waals surface area contributed by atoms with Crippen LogP contribution in [-0.4, -0.2) is 45.5 Å². The Labute approximate surface area is 121 Å². The minimum Gasteiger partial charge on any atom is -0.382 e. The van der Waals surface area contributed by atoms with Gasteiger partial charge in [-0.15, -0.1) is 0 Å². The highest BCUT2D eigenvalue weighted by Crippen LogP contribution is 2.20. The second-order valence-electron chi connectivity index (χ2n) is 5.28. The summed E-state index contributed by atoms with van der Waals surface area (Å²) in [5.74, 6) is -0.300. The van der Waals surface area contributed by atoms with Gasteiger partial charge in [0.15, 0.2) is 0 Å². The van der Waals surface area contributed by atoms with Crippen LogP contribution in [0, 0.1) is 0 Å². The molecule has 0 saturated carbocycles. The quantitative estimate of drug-likeness (QED) is 0.844. The standard InChI is InChI=1S/C14H16N4O3/c1-14(9-21-2)12(19)18(13(20)16-14)8-10-7-17-6-4-3-5-11(17)15-10/h3-7H,8-9H2,1-2H3,(H,16,20)/t14-/m0/s1. The molecule has 1 atom stereocenters. The van der Waals surface area contributed by atoms with Crippen LogP contribution in [0.15, 0.2) is 30.6 Å². The number of nitrogens with zero attached hydrogens (tertiary/aromatic N) is 3. The lowest BCUT2D eigenvalue weighted by Crippen LogP contribution is -2.47. The first-order valence-corrected chi connectivity index (χ1v) is 6.59. The van der Waals surface area contributed by atoms with Crippen LogP contribution in [-0.2, 0) is 16.1 Å². The molecule has 21 heavy (non-hydrogen) atoms. The lowest BCUT2D eigenvalue weighted by Gasteiger charge is -2.19. The Balaban J connectivity index is 1.84. The number of hydrogen-bond donors (Lipinski definition) is 1. The molecule has 0 aromatic carbocycles. The second-order valence-corrected chi connectivity index (χ2v) is 5.28. The van der Waals surface area contributed by atoms with Gasteiger partial charge < -0.3 is 14.5 Å². The van der Waals surface area contributed by atoms with Gasteiger partial charge in [0.25, 0.3) is 5.91 Å². The zero-order chi connectivity index (χ0) is 15.0. The summed E-state index contributed by atoms with van der Waals surface area (Å²) in [5, 5.41) is 2.66. The molecule has 0 spiro atoms. The topological polar surface area (TPSA) is 75.9 Å². The van der Waals surface area contributed by atoms with Crippen molar-refractivity contribution in [3.8, 4) is 0 Å². The fourth-order valence-electron chi connectivity index (χ4n) is 2.50. The van der Waals surface area contributed by atoms with Crippen molar-refractivity contribution >= 4 is 17.6 Å². The molecule has 0 bridgehead atoms. The number of rotatable bonds is 4. The normalized spacial score (nSPS) is 22.1. The van der Waals surface area contributed by atoms with E-state index in [9.17, 15) is 9.59 Å². The van der Waals surface area contributed by atoms with Crippen LogP contribution in [0.5, 0.6) is 0 Å². The van der Waals surface area contributed by atoms with E-state index in [1.165, 1.54) is 12.0 Å². The molecular formula is C14H16N4O3. The molecule has 3 amide bonds. The Hall–Kier alpha value is -2.41. The molecule has 1 saturated heterocycles. The summed E-state index contributed by atoms with van der Waals surface area (Å²) in [5.41, 5.74) is 0.427. The van der Waals surface area contributed by atoms with Crippen LogP contribution < -0.4 is 5.32 Å². The van der Waals surface area contributed by atoms with Crippen molar-refractivity contribution in [3.63, 3.8) is 0 Å². The first-order valence-electron chi connectivity index (χ1n) is 6.59. The maximum absolute atomic E-state index is 12.4.